The van der Waals surface area contributed by atoms with Crippen LogP contribution in [0.25, 0.3) is 11.7 Å². The maximum Gasteiger partial charge on any atom is 0.269 e. The van der Waals surface area contributed by atoms with E-state index in [0.29, 0.717) is 17.9 Å². The molecule has 2 aromatic heterocycles. The number of benzene rings is 1. The molecule has 1 aromatic carbocycles. The number of likely N-dealkylation sites (N-methyl/N-ethyl adjacent to an activating group) is 1. The number of fused-ring (bicyclic) bond motifs is 1. The van der Waals surface area contributed by atoms with Crippen molar-refractivity contribution in [1.82, 2.24) is 14.7 Å². The zero-order valence-electron chi connectivity index (χ0n) is 16.4. The van der Waals surface area contributed by atoms with Crippen molar-refractivity contribution in [3.63, 3.8) is 0 Å². The summed E-state index contributed by atoms with van der Waals surface area (Å²) in [6.45, 7) is 5.98. The molecule has 0 saturated heterocycles. The summed E-state index contributed by atoms with van der Waals surface area (Å²) < 4.78 is 7.28. The van der Waals surface area contributed by atoms with Gasteiger partial charge < -0.3 is 10.1 Å². The minimum Gasteiger partial charge on any atom is -0.438 e. The number of hydrogen-bond donors (Lipinski definition) is 1. The molecule has 0 bridgehead atoms. The van der Waals surface area contributed by atoms with Crippen molar-refractivity contribution in [1.29, 1.82) is 5.26 Å². The second kappa shape index (κ2) is 8.40. The Hall–Kier alpha value is -3.92. The highest BCUT2D eigenvalue weighted by Gasteiger charge is 2.17. The molecular weight excluding hydrogens is 368 g/mol. The third kappa shape index (κ3) is 4.33. The van der Waals surface area contributed by atoms with Crippen LogP contribution in [-0.2, 0) is 4.79 Å². The fourth-order valence-corrected chi connectivity index (χ4v) is 2.94. The van der Waals surface area contributed by atoms with Gasteiger partial charge in [-0.15, -0.1) is 0 Å². The molecule has 0 radical (unpaired) electrons. The molecule has 2 heterocycles. The maximum atomic E-state index is 13.1. The molecule has 0 aliphatic rings. The number of nitrogens with zero attached hydrogens (tertiary/aromatic N) is 3. The van der Waals surface area contributed by atoms with Gasteiger partial charge in [0.25, 0.3) is 11.5 Å². The van der Waals surface area contributed by atoms with Gasteiger partial charge in [-0.25, -0.2) is 0 Å². The largest absolute Gasteiger partial charge is 0.438 e. The van der Waals surface area contributed by atoms with Crippen molar-refractivity contribution in [3.05, 3.63) is 75.2 Å². The SMILES string of the molecule is CCNC(=O)C(C#N)=Cc1c(Oc2cc(C)cc(C)c2)nc2ccccn2c1=O. The van der Waals surface area contributed by atoms with Crippen LogP contribution in [0.1, 0.15) is 23.6 Å². The molecule has 7 nitrogen and oxygen atoms in total. The third-order valence-electron chi connectivity index (χ3n) is 4.13. The number of rotatable bonds is 5. The maximum absolute atomic E-state index is 13.1. The first-order valence-corrected chi connectivity index (χ1v) is 9.10. The summed E-state index contributed by atoms with van der Waals surface area (Å²) >= 11 is 0. The summed E-state index contributed by atoms with van der Waals surface area (Å²) in [4.78, 5) is 29.6. The highest BCUT2D eigenvalue weighted by atomic mass is 16.5. The summed E-state index contributed by atoms with van der Waals surface area (Å²) in [5, 5.41) is 12.0. The van der Waals surface area contributed by atoms with Gasteiger partial charge in [0.05, 0.1) is 0 Å². The van der Waals surface area contributed by atoms with E-state index in [1.807, 2.05) is 38.1 Å². The number of carbonyl (C=O) groups excluding carboxylic acids is 1. The number of carbonyl (C=O) groups is 1. The number of aryl methyl sites for hydroxylation is 2. The number of amides is 1. The van der Waals surface area contributed by atoms with Crippen LogP contribution in [0.5, 0.6) is 11.6 Å². The van der Waals surface area contributed by atoms with Gasteiger partial charge in [-0.2, -0.15) is 10.2 Å². The van der Waals surface area contributed by atoms with Crippen molar-refractivity contribution in [3.8, 4) is 17.7 Å². The molecule has 0 aliphatic heterocycles. The summed E-state index contributed by atoms with van der Waals surface area (Å²) in [7, 11) is 0. The van der Waals surface area contributed by atoms with Crippen molar-refractivity contribution < 1.29 is 9.53 Å². The average molecular weight is 388 g/mol. The number of nitriles is 1. The van der Waals surface area contributed by atoms with E-state index in [2.05, 4.69) is 10.3 Å². The molecule has 3 rings (SSSR count). The Morgan fingerprint density at radius 2 is 2.00 bits per heavy atom. The van der Waals surface area contributed by atoms with Gasteiger partial charge >= 0.3 is 0 Å². The first-order valence-electron chi connectivity index (χ1n) is 9.10. The Morgan fingerprint density at radius 3 is 2.66 bits per heavy atom. The highest BCUT2D eigenvalue weighted by molar-refractivity contribution is 6.01. The number of pyridine rings is 1. The smallest absolute Gasteiger partial charge is 0.269 e. The van der Waals surface area contributed by atoms with Crippen molar-refractivity contribution >= 4 is 17.6 Å². The number of ether oxygens (including phenoxy) is 1. The molecule has 0 aliphatic carbocycles. The van der Waals surface area contributed by atoms with E-state index < -0.39 is 11.5 Å². The van der Waals surface area contributed by atoms with Crippen LogP contribution in [0.4, 0.5) is 0 Å². The first-order chi connectivity index (χ1) is 13.9. The van der Waals surface area contributed by atoms with Gasteiger partial charge in [-0.1, -0.05) is 12.1 Å². The Balaban J connectivity index is 2.22. The van der Waals surface area contributed by atoms with Crippen molar-refractivity contribution in [2.24, 2.45) is 0 Å². The predicted octanol–water partition coefficient (Wildman–Crippen LogP) is 3.15. The van der Waals surface area contributed by atoms with E-state index in [1.54, 1.807) is 31.3 Å². The van der Waals surface area contributed by atoms with E-state index in [-0.39, 0.29) is 17.0 Å². The second-order valence-electron chi connectivity index (χ2n) is 6.52. The fourth-order valence-electron chi connectivity index (χ4n) is 2.94. The molecule has 29 heavy (non-hydrogen) atoms. The van der Waals surface area contributed by atoms with Crippen LogP contribution in [-0.4, -0.2) is 21.8 Å². The normalized spacial score (nSPS) is 11.2. The highest BCUT2D eigenvalue weighted by Crippen LogP contribution is 2.25. The lowest BCUT2D eigenvalue weighted by atomic mass is 10.1. The molecular formula is C22H20N4O3. The molecule has 0 saturated carbocycles. The molecule has 0 spiro atoms. The van der Waals surface area contributed by atoms with Crippen LogP contribution >= 0.6 is 0 Å². The molecule has 7 heteroatoms. The summed E-state index contributed by atoms with van der Waals surface area (Å²) in [6, 6.07) is 12.6. The lowest BCUT2D eigenvalue weighted by Gasteiger charge is -2.11. The predicted molar refractivity (Wildman–Crippen MR) is 110 cm³/mol. The van der Waals surface area contributed by atoms with Crippen LogP contribution in [0.15, 0.2) is 53.0 Å². The number of nitrogens with one attached hydrogen (secondary N) is 1. The zero-order valence-corrected chi connectivity index (χ0v) is 16.4. The molecule has 1 amide bonds. The Morgan fingerprint density at radius 1 is 1.28 bits per heavy atom. The van der Waals surface area contributed by atoms with Crippen LogP contribution < -0.4 is 15.6 Å². The van der Waals surface area contributed by atoms with Crippen molar-refractivity contribution in [2.75, 3.05) is 6.54 Å². The minimum atomic E-state index is -0.565. The first kappa shape index (κ1) is 19.8. The van der Waals surface area contributed by atoms with Gasteiger partial charge in [-0.3, -0.25) is 14.0 Å². The van der Waals surface area contributed by atoms with E-state index in [4.69, 9.17) is 4.74 Å². The summed E-state index contributed by atoms with van der Waals surface area (Å²) in [5.41, 5.74) is 1.77. The van der Waals surface area contributed by atoms with Gasteiger partial charge in [0.2, 0.25) is 5.88 Å². The van der Waals surface area contributed by atoms with Crippen molar-refractivity contribution in [2.45, 2.75) is 20.8 Å². The molecule has 0 atom stereocenters. The second-order valence-corrected chi connectivity index (χ2v) is 6.52. The summed E-state index contributed by atoms with van der Waals surface area (Å²) in [6.07, 6.45) is 2.79. The number of aromatic nitrogens is 2. The fraction of sp³-hybridized carbons (Fsp3) is 0.182. The Labute approximate surface area is 167 Å². The van der Waals surface area contributed by atoms with E-state index in [9.17, 15) is 14.9 Å². The van der Waals surface area contributed by atoms with E-state index in [0.717, 1.165) is 11.1 Å². The standard InChI is InChI=1S/C22H20N4O3/c1-4-24-20(27)16(13-23)12-18-21(29-17-10-14(2)9-15(3)11-17)25-19-7-5-6-8-26(19)22(18)28/h5-12H,4H2,1-3H3,(H,24,27). The quantitative estimate of drug-likeness (QED) is 0.535. The van der Waals surface area contributed by atoms with Gasteiger partial charge in [-0.05, 0) is 62.2 Å². The average Bonchev–Trinajstić information content (AvgIpc) is 2.67. The molecule has 0 fully saturated rings. The van der Waals surface area contributed by atoms with E-state index in [1.165, 1.54) is 10.5 Å². The van der Waals surface area contributed by atoms with Gasteiger partial charge in [0.1, 0.15) is 28.6 Å². The minimum absolute atomic E-state index is 0.0238. The zero-order chi connectivity index (χ0) is 21.0. The van der Waals surface area contributed by atoms with Gasteiger partial charge in [0.15, 0.2) is 0 Å². The molecule has 0 unspecified atom stereocenters. The van der Waals surface area contributed by atoms with Crippen LogP contribution in [0, 0.1) is 25.2 Å². The Kier molecular flexibility index (Phi) is 5.74. The lowest BCUT2D eigenvalue weighted by molar-refractivity contribution is -0.116. The van der Waals surface area contributed by atoms with Crippen LogP contribution in [0.2, 0.25) is 0 Å². The monoisotopic (exact) mass is 388 g/mol. The van der Waals surface area contributed by atoms with Gasteiger partial charge in [0, 0.05) is 12.7 Å². The number of hydrogen-bond acceptors (Lipinski definition) is 5. The summed E-state index contributed by atoms with van der Waals surface area (Å²) in [5.74, 6) is -0.0194. The molecule has 3 aromatic rings. The lowest BCUT2D eigenvalue weighted by Crippen LogP contribution is -2.25. The Bertz CT molecular complexity index is 1200. The molecule has 146 valence electrons. The van der Waals surface area contributed by atoms with E-state index >= 15 is 0 Å². The third-order valence-corrected chi connectivity index (χ3v) is 4.13. The topological polar surface area (TPSA) is 96.5 Å². The molecule has 1 N–H and O–H groups in total. The van der Waals surface area contributed by atoms with Crippen LogP contribution in [0.3, 0.4) is 0 Å².